The Morgan fingerprint density at radius 2 is 1.66 bits per heavy atom. The molecule has 0 saturated carbocycles. The molecule has 0 spiro atoms. The average Bonchev–Trinajstić information content (AvgIpc) is 3.01. The molecule has 1 N–H and O–H groups in total. The third-order valence-electron chi connectivity index (χ3n) is 4.53. The van der Waals surface area contributed by atoms with Gasteiger partial charge in [0.15, 0.2) is 5.78 Å². The summed E-state index contributed by atoms with van der Waals surface area (Å²) in [5.41, 5.74) is 1.59. The lowest BCUT2D eigenvalue weighted by molar-refractivity contribution is 0.103. The van der Waals surface area contributed by atoms with E-state index >= 15 is 0 Å². The molecule has 0 aliphatic rings. The van der Waals surface area contributed by atoms with E-state index in [1.807, 2.05) is 0 Å². The molecule has 3 aromatic carbocycles. The van der Waals surface area contributed by atoms with Gasteiger partial charge in [0, 0.05) is 18.2 Å². The van der Waals surface area contributed by atoms with E-state index in [-0.39, 0.29) is 26.8 Å². The van der Waals surface area contributed by atoms with Gasteiger partial charge in [-0.3, -0.25) is 14.3 Å². The summed E-state index contributed by atoms with van der Waals surface area (Å²) in [7, 11) is -2.32. The highest BCUT2D eigenvalue weighted by Gasteiger charge is 2.20. The number of ketones is 1. The van der Waals surface area contributed by atoms with Crippen LogP contribution in [0, 0.1) is 0 Å². The van der Waals surface area contributed by atoms with Gasteiger partial charge in [0.25, 0.3) is 10.0 Å². The van der Waals surface area contributed by atoms with E-state index in [0.717, 1.165) is 11.3 Å². The highest BCUT2D eigenvalue weighted by Crippen LogP contribution is 2.25. The molecule has 146 valence electrons. The summed E-state index contributed by atoms with van der Waals surface area (Å²) in [5, 5.41) is 0. The maximum absolute atomic E-state index is 12.9. The summed E-state index contributed by atoms with van der Waals surface area (Å²) in [4.78, 5) is 24.5. The average molecular weight is 425 g/mol. The first kappa shape index (κ1) is 19.1. The van der Waals surface area contributed by atoms with Crippen LogP contribution in [0.4, 0.5) is 5.69 Å². The Bertz CT molecular complexity index is 1390. The molecule has 1 heterocycles. The summed E-state index contributed by atoms with van der Waals surface area (Å²) in [6.45, 7) is 0. The minimum atomic E-state index is -3.95. The van der Waals surface area contributed by atoms with Crippen molar-refractivity contribution in [2.45, 2.75) is 4.90 Å². The van der Waals surface area contributed by atoms with Crippen molar-refractivity contribution in [3.8, 4) is 0 Å². The molecule has 29 heavy (non-hydrogen) atoms. The van der Waals surface area contributed by atoms with Gasteiger partial charge in [-0.1, -0.05) is 53.8 Å². The number of hydrogen-bond acceptors (Lipinski definition) is 5. The number of aryl methyl sites for hydroxylation is 1. The van der Waals surface area contributed by atoms with E-state index in [2.05, 4.69) is 4.72 Å². The molecular formula is C21H16N2O4S2. The predicted octanol–water partition coefficient (Wildman–Crippen LogP) is 3.63. The molecule has 8 heteroatoms. The second-order valence-corrected chi connectivity index (χ2v) is 9.08. The van der Waals surface area contributed by atoms with Gasteiger partial charge in [-0.05, 0) is 30.3 Å². The molecule has 0 aliphatic heterocycles. The van der Waals surface area contributed by atoms with Gasteiger partial charge in [-0.15, -0.1) is 0 Å². The van der Waals surface area contributed by atoms with Crippen LogP contribution in [0.15, 0.2) is 82.5 Å². The Morgan fingerprint density at radius 3 is 2.41 bits per heavy atom. The Morgan fingerprint density at radius 1 is 0.966 bits per heavy atom. The third-order valence-corrected chi connectivity index (χ3v) is 6.88. The number of para-hydroxylation sites is 1. The van der Waals surface area contributed by atoms with E-state index in [9.17, 15) is 18.0 Å². The van der Waals surface area contributed by atoms with Crippen LogP contribution in [0.2, 0.25) is 0 Å². The SMILES string of the molecule is Cn1c(=O)sc2cc(S(=O)(=O)Nc3ccccc3C(=O)c3ccccc3)ccc21. The van der Waals surface area contributed by atoms with Crippen molar-refractivity contribution >= 4 is 43.0 Å². The number of aromatic nitrogens is 1. The Kier molecular flexibility index (Phi) is 4.81. The number of fused-ring (bicyclic) bond motifs is 1. The van der Waals surface area contributed by atoms with Crippen molar-refractivity contribution in [2.24, 2.45) is 7.05 Å². The normalized spacial score (nSPS) is 11.5. The summed E-state index contributed by atoms with van der Waals surface area (Å²) < 4.78 is 30.4. The number of nitrogens with zero attached hydrogens (tertiary/aromatic N) is 1. The molecule has 0 radical (unpaired) electrons. The van der Waals surface area contributed by atoms with Crippen molar-refractivity contribution in [3.05, 3.63) is 93.6 Å². The van der Waals surface area contributed by atoms with Gasteiger partial charge < -0.3 is 4.57 Å². The van der Waals surface area contributed by atoms with Crippen molar-refractivity contribution in [1.29, 1.82) is 0 Å². The maximum Gasteiger partial charge on any atom is 0.307 e. The number of hydrogen-bond donors (Lipinski definition) is 1. The largest absolute Gasteiger partial charge is 0.307 e. The molecule has 1 aromatic heterocycles. The van der Waals surface area contributed by atoms with Gasteiger partial charge in [0.2, 0.25) is 0 Å². The number of carbonyl (C=O) groups is 1. The van der Waals surface area contributed by atoms with Crippen LogP contribution in [-0.2, 0) is 17.1 Å². The van der Waals surface area contributed by atoms with E-state index in [4.69, 9.17) is 0 Å². The highest BCUT2D eigenvalue weighted by atomic mass is 32.2. The van der Waals surface area contributed by atoms with E-state index in [1.165, 1.54) is 16.7 Å². The number of thiazole rings is 1. The van der Waals surface area contributed by atoms with Crippen LogP contribution < -0.4 is 9.60 Å². The van der Waals surface area contributed by atoms with Crippen LogP contribution in [0.25, 0.3) is 10.2 Å². The van der Waals surface area contributed by atoms with Gasteiger partial charge in [-0.2, -0.15) is 0 Å². The molecule has 4 rings (SSSR count). The Labute approximate surface area is 171 Å². The molecule has 6 nitrogen and oxygen atoms in total. The van der Waals surface area contributed by atoms with Crippen LogP contribution in [0.3, 0.4) is 0 Å². The van der Waals surface area contributed by atoms with Gasteiger partial charge in [0.05, 0.1) is 20.8 Å². The molecule has 0 amide bonds. The number of benzene rings is 3. The maximum atomic E-state index is 12.9. The van der Waals surface area contributed by atoms with E-state index < -0.39 is 10.0 Å². The van der Waals surface area contributed by atoms with Crippen LogP contribution in [-0.4, -0.2) is 18.8 Å². The lowest BCUT2D eigenvalue weighted by atomic mass is 10.0. The topological polar surface area (TPSA) is 85.2 Å². The van der Waals surface area contributed by atoms with Crippen molar-refractivity contribution in [1.82, 2.24) is 4.57 Å². The summed E-state index contributed by atoms with van der Waals surface area (Å²) in [6, 6.07) is 19.6. The number of rotatable bonds is 5. The highest BCUT2D eigenvalue weighted by molar-refractivity contribution is 7.92. The summed E-state index contributed by atoms with van der Waals surface area (Å²) in [5.74, 6) is -0.277. The Balaban J connectivity index is 1.72. The zero-order valence-corrected chi connectivity index (χ0v) is 17.0. The first-order valence-corrected chi connectivity index (χ1v) is 11.0. The molecule has 0 saturated heterocycles. The molecule has 0 fully saturated rings. The van der Waals surface area contributed by atoms with Gasteiger partial charge >= 0.3 is 4.87 Å². The van der Waals surface area contributed by atoms with Gasteiger partial charge in [0.1, 0.15) is 0 Å². The van der Waals surface area contributed by atoms with Crippen molar-refractivity contribution < 1.29 is 13.2 Å². The minimum Gasteiger partial charge on any atom is -0.302 e. The van der Waals surface area contributed by atoms with Crippen LogP contribution >= 0.6 is 11.3 Å². The smallest absolute Gasteiger partial charge is 0.302 e. The zero-order valence-electron chi connectivity index (χ0n) is 15.3. The fraction of sp³-hybridized carbons (Fsp3) is 0.0476. The molecule has 0 aliphatic carbocycles. The number of anilines is 1. The van der Waals surface area contributed by atoms with Crippen LogP contribution in [0.1, 0.15) is 15.9 Å². The zero-order chi connectivity index (χ0) is 20.6. The lowest BCUT2D eigenvalue weighted by Crippen LogP contribution is -2.16. The molecular weight excluding hydrogens is 408 g/mol. The predicted molar refractivity (Wildman–Crippen MR) is 114 cm³/mol. The van der Waals surface area contributed by atoms with Crippen molar-refractivity contribution in [3.63, 3.8) is 0 Å². The molecule has 4 aromatic rings. The standard InChI is InChI=1S/C21H16N2O4S2/c1-23-18-12-11-15(13-19(18)28-21(23)25)29(26,27)22-17-10-6-5-9-16(17)20(24)14-7-3-2-4-8-14/h2-13,22H,1H3. The fourth-order valence-electron chi connectivity index (χ4n) is 3.00. The Hall–Kier alpha value is -3.23. The first-order valence-electron chi connectivity index (χ1n) is 8.68. The van der Waals surface area contributed by atoms with Crippen LogP contribution in [0.5, 0.6) is 0 Å². The second kappa shape index (κ2) is 7.31. The molecule has 0 atom stereocenters. The molecule has 0 unspecified atom stereocenters. The summed E-state index contributed by atoms with van der Waals surface area (Å²) in [6.07, 6.45) is 0. The number of sulfonamides is 1. The first-order chi connectivity index (χ1) is 13.9. The third kappa shape index (κ3) is 3.59. The quantitative estimate of drug-likeness (QED) is 0.496. The van der Waals surface area contributed by atoms with E-state index in [1.54, 1.807) is 67.7 Å². The van der Waals surface area contributed by atoms with Crippen molar-refractivity contribution in [2.75, 3.05) is 4.72 Å². The fourth-order valence-corrected chi connectivity index (χ4v) is 5.10. The van der Waals surface area contributed by atoms with Gasteiger partial charge in [-0.25, -0.2) is 8.42 Å². The lowest BCUT2D eigenvalue weighted by Gasteiger charge is -2.12. The minimum absolute atomic E-state index is 0.0220. The van der Waals surface area contributed by atoms with E-state index in [0.29, 0.717) is 15.8 Å². The second-order valence-electron chi connectivity index (χ2n) is 6.40. The molecule has 0 bridgehead atoms. The monoisotopic (exact) mass is 424 g/mol. The number of carbonyl (C=O) groups excluding carboxylic acids is 1. The summed E-state index contributed by atoms with van der Waals surface area (Å²) >= 11 is 0.982. The number of nitrogens with one attached hydrogen (secondary N) is 1.